The Labute approximate surface area is 322 Å². The molecule has 0 bridgehead atoms. The Kier molecular flexibility index (Phi) is 573. The molecule has 0 aromatic carbocycles. The quantitative estimate of drug-likeness (QED) is 0.386. The Bertz CT molecular complexity index is 10.9. The van der Waals surface area contributed by atoms with E-state index in [1.807, 2.05) is 0 Å². The summed E-state index contributed by atoms with van der Waals surface area (Å²) < 4.78 is 0. The fourth-order valence-electron chi connectivity index (χ4n) is 0. The molecule has 0 saturated carbocycles. The molecule has 0 radical (unpaired) electrons. The molecule has 52 valence electrons. The maximum atomic E-state index is 0. The van der Waals surface area contributed by atoms with Gasteiger partial charge in [-0.2, -0.15) is 0 Å². The summed E-state index contributed by atoms with van der Waals surface area (Å²) >= 11 is 0. The molecule has 0 aliphatic heterocycles. The molecule has 10 N–H and O–H groups in total. The van der Waals surface area contributed by atoms with Crippen LogP contribution in [0.2, 0.25) is 0 Å². The Morgan fingerprint density at radius 1 is 0.182 bits per heavy atom. The van der Waals surface area contributed by atoms with Crippen molar-refractivity contribution < 1.29 is 27.4 Å². The molecule has 0 heterocycles. The van der Waals surface area contributed by atoms with E-state index in [2.05, 4.69) is 0 Å². The van der Waals surface area contributed by atoms with Crippen LogP contribution >= 0.6 is 0 Å². The van der Waals surface area contributed by atoms with Crippen molar-refractivity contribution >= 4 is 308 Å². The Morgan fingerprint density at radius 2 is 0.182 bits per heavy atom. The third kappa shape index (κ3) is 65.8. The molecule has 0 aromatic heterocycles. The molecule has 0 unspecified atom stereocenters. The van der Waals surface area contributed by atoms with Crippen LogP contribution in [-0.2, 0) is 0 Å². The summed E-state index contributed by atoms with van der Waals surface area (Å²) in [6.07, 6.45) is 0. The van der Waals surface area contributed by atoms with Crippen molar-refractivity contribution in [2.45, 2.75) is 0 Å². The van der Waals surface area contributed by atoms with Crippen molar-refractivity contribution in [3.8, 4) is 0 Å². The van der Waals surface area contributed by atoms with Gasteiger partial charge >= 0.3 is 308 Å². The fourth-order valence-corrected chi connectivity index (χ4v) is 0. The molecule has 0 aromatic rings. The minimum absolute atomic E-state index is 0. The van der Waals surface area contributed by atoms with Crippen LogP contribution in [0.15, 0.2) is 0 Å². The Morgan fingerprint density at radius 3 is 0.182 bits per heavy atom. The molecule has 0 saturated heterocycles. The van der Waals surface area contributed by atoms with E-state index in [0.717, 1.165) is 0 Å². The monoisotopic (exact) mass is 330 g/mol. The number of rotatable bonds is 0. The van der Waals surface area contributed by atoms with Gasteiger partial charge in [0.1, 0.15) is 0 Å². The first kappa shape index (κ1) is 85.8. The first-order valence-electron chi connectivity index (χ1n) is 0. The van der Waals surface area contributed by atoms with Crippen LogP contribution in [0.3, 0.4) is 0 Å². The third-order valence-corrected chi connectivity index (χ3v) is 0. The molecule has 0 fully saturated rings. The first-order valence-corrected chi connectivity index (χ1v) is 0. The molecule has 0 amide bonds. The first-order chi connectivity index (χ1) is 0. The molecular formula is H16K6O5. The minimum atomic E-state index is 0. The standard InChI is InChI=1S/6K.5H2O.6H/h;;;;;;5*1H2;;;;;;. The van der Waals surface area contributed by atoms with E-state index >= 15 is 0 Å². The predicted molar refractivity (Wildman–Crippen MR) is 61.0 cm³/mol. The Balaban J connectivity index is 0. The van der Waals surface area contributed by atoms with E-state index in [-0.39, 0.29) is 336 Å². The van der Waals surface area contributed by atoms with Crippen molar-refractivity contribution in [2.24, 2.45) is 0 Å². The average molecular weight is 331 g/mol. The second kappa shape index (κ2) is 73.5. The van der Waals surface area contributed by atoms with Crippen LogP contribution in [-0.4, -0.2) is 336 Å². The van der Waals surface area contributed by atoms with Crippen LogP contribution in [0, 0.1) is 0 Å². The second-order valence-electron chi connectivity index (χ2n) is 0. The van der Waals surface area contributed by atoms with Crippen LogP contribution in [0.1, 0.15) is 0 Å². The maximum absolute atomic E-state index is 0. The van der Waals surface area contributed by atoms with Crippen molar-refractivity contribution in [1.82, 2.24) is 0 Å². The molecular weight excluding hydrogens is 315 g/mol. The van der Waals surface area contributed by atoms with Crippen molar-refractivity contribution in [2.75, 3.05) is 0 Å². The number of hydrogen-bond acceptors (Lipinski definition) is 0. The van der Waals surface area contributed by atoms with Crippen molar-refractivity contribution in [1.29, 1.82) is 0 Å². The van der Waals surface area contributed by atoms with Crippen LogP contribution in [0.4, 0.5) is 0 Å². The summed E-state index contributed by atoms with van der Waals surface area (Å²) in [7, 11) is 0. The zero-order valence-electron chi connectivity index (χ0n) is 2.50. The van der Waals surface area contributed by atoms with Gasteiger partial charge in [0.25, 0.3) is 0 Å². The predicted octanol–water partition coefficient (Wildman–Crippen LogP) is -8.01. The van der Waals surface area contributed by atoms with Gasteiger partial charge in [-0.25, -0.2) is 0 Å². The van der Waals surface area contributed by atoms with Gasteiger partial charge in [-0.05, 0) is 0 Å². The van der Waals surface area contributed by atoms with Gasteiger partial charge in [0.2, 0.25) is 0 Å². The van der Waals surface area contributed by atoms with Gasteiger partial charge in [0.05, 0.1) is 0 Å². The molecule has 0 rings (SSSR count). The SMILES string of the molecule is O.O.O.O.O.[KH].[KH].[KH].[KH].[KH].[KH]. The van der Waals surface area contributed by atoms with E-state index in [1.54, 1.807) is 0 Å². The van der Waals surface area contributed by atoms with Crippen molar-refractivity contribution in [3.63, 3.8) is 0 Å². The molecule has 0 atom stereocenters. The molecule has 0 spiro atoms. The van der Waals surface area contributed by atoms with E-state index in [0.29, 0.717) is 0 Å². The third-order valence-electron chi connectivity index (χ3n) is 0. The normalized spacial score (nSPS) is 0. The van der Waals surface area contributed by atoms with Crippen LogP contribution in [0.25, 0.3) is 0 Å². The van der Waals surface area contributed by atoms with Gasteiger partial charge in [-0.1, -0.05) is 0 Å². The molecule has 11 heavy (non-hydrogen) atoms. The number of hydrogen-bond donors (Lipinski definition) is 0. The van der Waals surface area contributed by atoms with Crippen molar-refractivity contribution in [3.05, 3.63) is 0 Å². The summed E-state index contributed by atoms with van der Waals surface area (Å²) in [5.74, 6) is 0. The summed E-state index contributed by atoms with van der Waals surface area (Å²) in [5, 5.41) is 0. The van der Waals surface area contributed by atoms with E-state index in [1.165, 1.54) is 0 Å². The van der Waals surface area contributed by atoms with Gasteiger partial charge in [0, 0.05) is 0 Å². The van der Waals surface area contributed by atoms with Gasteiger partial charge < -0.3 is 27.4 Å². The van der Waals surface area contributed by atoms with Crippen LogP contribution in [0.5, 0.6) is 0 Å². The fraction of sp³-hybridized carbons (Fsp3) is 0. The molecule has 5 nitrogen and oxygen atoms in total. The average Bonchev–Trinajstić information content (AvgIpc) is 0. The zero-order valence-corrected chi connectivity index (χ0v) is 2.50. The second-order valence-corrected chi connectivity index (χ2v) is 0. The summed E-state index contributed by atoms with van der Waals surface area (Å²) in [4.78, 5) is 0. The molecule has 11 heteroatoms. The van der Waals surface area contributed by atoms with Crippen LogP contribution < -0.4 is 0 Å². The Hall–Kier alpha value is 9.62. The van der Waals surface area contributed by atoms with E-state index in [4.69, 9.17) is 0 Å². The van der Waals surface area contributed by atoms with Gasteiger partial charge in [0.15, 0.2) is 0 Å². The summed E-state index contributed by atoms with van der Waals surface area (Å²) in [6, 6.07) is 0. The molecule has 0 aliphatic rings. The van der Waals surface area contributed by atoms with Gasteiger partial charge in [-0.15, -0.1) is 0 Å². The van der Waals surface area contributed by atoms with E-state index in [9.17, 15) is 0 Å². The summed E-state index contributed by atoms with van der Waals surface area (Å²) in [6.45, 7) is 0. The topological polar surface area (TPSA) is 158 Å². The molecule has 0 aliphatic carbocycles. The summed E-state index contributed by atoms with van der Waals surface area (Å²) in [5.41, 5.74) is 0. The van der Waals surface area contributed by atoms with E-state index < -0.39 is 0 Å². The zero-order chi connectivity index (χ0) is 0. The van der Waals surface area contributed by atoms with Gasteiger partial charge in [-0.3, -0.25) is 0 Å².